The maximum atomic E-state index is 6.06. The summed E-state index contributed by atoms with van der Waals surface area (Å²) in [4.78, 5) is 11.1. The van der Waals surface area contributed by atoms with E-state index in [9.17, 15) is 0 Å². The quantitative estimate of drug-likeness (QED) is 0.551. The molecule has 0 amide bonds. The summed E-state index contributed by atoms with van der Waals surface area (Å²) in [6.45, 7) is 9.67. The van der Waals surface area contributed by atoms with Gasteiger partial charge in [-0.2, -0.15) is 0 Å². The lowest BCUT2D eigenvalue weighted by Crippen LogP contribution is -2.32. The van der Waals surface area contributed by atoms with Crippen molar-refractivity contribution in [2.45, 2.75) is 59.4 Å². The van der Waals surface area contributed by atoms with Gasteiger partial charge in [-0.3, -0.25) is 0 Å². The number of rotatable bonds is 7. The van der Waals surface area contributed by atoms with Crippen LogP contribution in [0.4, 0.5) is 5.82 Å². The number of anilines is 1. The van der Waals surface area contributed by atoms with Gasteiger partial charge in [-0.05, 0) is 20.3 Å². The second-order valence-corrected chi connectivity index (χ2v) is 5.20. The van der Waals surface area contributed by atoms with Crippen molar-refractivity contribution in [1.82, 2.24) is 9.97 Å². The Morgan fingerprint density at radius 1 is 1.22 bits per heavy atom. The minimum atomic E-state index is 0.428. The van der Waals surface area contributed by atoms with Crippen molar-refractivity contribution in [2.24, 2.45) is 0 Å². The van der Waals surface area contributed by atoms with Gasteiger partial charge < -0.3 is 4.90 Å². The lowest BCUT2D eigenvalue weighted by Gasteiger charge is -2.28. The van der Waals surface area contributed by atoms with E-state index in [0.29, 0.717) is 11.2 Å². The Morgan fingerprint density at radius 2 is 1.94 bits per heavy atom. The molecular formula is C14H24ClN3. The first-order valence-corrected chi connectivity index (χ1v) is 7.26. The zero-order chi connectivity index (χ0) is 13.5. The maximum absolute atomic E-state index is 6.06. The minimum absolute atomic E-state index is 0.428. The highest BCUT2D eigenvalue weighted by Crippen LogP contribution is 2.19. The molecule has 0 unspecified atom stereocenters. The SMILES string of the molecule is CCCCCN(c1cc(Cl)nc(CC)n1)C(C)C. The number of hydrogen-bond donors (Lipinski definition) is 0. The third-order valence-electron chi connectivity index (χ3n) is 2.96. The fourth-order valence-electron chi connectivity index (χ4n) is 1.93. The molecule has 0 aliphatic rings. The van der Waals surface area contributed by atoms with Crippen LogP contribution in [0.15, 0.2) is 6.07 Å². The number of unbranched alkanes of at least 4 members (excludes halogenated alkanes) is 2. The standard InChI is InChI=1S/C14H24ClN3/c1-5-7-8-9-18(11(3)4)14-10-12(15)16-13(6-2)17-14/h10-11H,5-9H2,1-4H3. The van der Waals surface area contributed by atoms with Gasteiger partial charge in [0, 0.05) is 25.1 Å². The normalized spacial score (nSPS) is 11.0. The molecule has 3 nitrogen and oxygen atoms in total. The van der Waals surface area contributed by atoms with Crippen LogP contribution in [-0.2, 0) is 6.42 Å². The number of aromatic nitrogens is 2. The molecule has 0 N–H and O–H groups in total. The molecule has 4 heteroatoms. The van der Waals surface area contributed by atoms with E-state index in [2.05, 4.69) is 35.6 Å². The van der Waals surface area contributed by atoms with E-state index < -0.39 is 0 Å². The molecule has 0 radical (unpaired) electrons. The Morgan fingerprint density at radius 3 is 2.50 bits per heavy atom. The fourth-order valence-corrected chi connectivity index (χ4v) is 2.12. The van der Waals surface area contributed by atoms with Crippen LogP contribution in [0.1, 0.15) is 52.8 Å². The molecule has 0 spiro atoms. The van der Waals surface area contributed by atoms with Crippen molar-refractivity contribution >= 4 is 17.4 Å². The first-order valence-electron chi connectivity index (χ1n) is 6.88. The molecule has 0 saturated carbocycles. The number of aryl methyl sites for hydroxylation is 1. The molecule has 1 rings (SSSR count). The number of halogens is 1. The van der Waals surface area contributed by atoms with Crippen molar-refractivity contribution in [3.63, 3.8) is 0 Å². The fraction of sp³-hybridized carbons (Fsp3) is 0.714. The zero-order valence-corrected chi connectivity index (χ0v) is 12.7. The Labute approximate surface area is 116 Å². The Balaban J connectivity index is 2.87. The Kier molecular flexibility index (Phi) is 6.41. The van der Waals surface area contributed by atoms with Crippen LogP contribution in [0, 0.1) is 0 Å². The van der Waals surface area contributed by atoms with E-state index in [-0.39, 0.29) is 0 Å². The van der Waals surface area contributed by atoms with Crippen molar-refractivity contribution in [2.75, 3.05) is 11.4 Å². The molecule has 0 atom stereocenters. The van der Waals surface area contributed by atoms with E-state index in [0.717, 1.165) is 24.6 Å². The van der Waals surface area contributed by atoms with E-state index >= 15 is 0 Å². The predicted octanol–water partition coefficient (Wildman–Crippen LogP) is 4.10. The third kappa shape index (κ3) is 4.45. The van der Waals surface area contributed by atoms with Gasteiger partial charge in [0.05, 0.1) is 0 Å². The van der Waals surface area contributed by atoms with Gasteiger partial charge in [0.1, 0.15) is 16.8 Å². The predicted molar refractivity (Wildman–Crippen MR) is 78.4 cm³/mol. The van der Waals surface area contributed by atoms with Gasteiger partial charge in [-0.1, -0.05) is 38.3 Å². The van der Waals surface area contributed by atoms with Crippen LogP contribution in [-0.4, -0.2) is 22.6 Å². The topological polar surface area (TPSA) is 29.0 Å². The molecule has 0 aliphatic heterocycles. The maximum Gasteiger partial charge on any atom is 0.134 e. The van der Waals surface area contributed by atoms with Crippen LogP contribution in [0.5, 0.6) is 0 Å². The monoisotopic (exact) mass is 269 g/mol. The van der Waals surface area contributed by atoms with Gasteiger partial charge in [-0.25, -0.2) is 9.97 Å². The van der Waals surface area contributed by atoms with E-state index in [1.807, 2.05) is 13.0 Å². The number of nitrogens with zero attached hydrogens (tertiary/aromatic N) is 3. The first-order chi connectivity index (χ1) is 8.58. The van der Waals surface area contributed by atoms with E-state index in [1.165, 1.54) is 19.3 Å². The van der Waals surface area contributed by atoms with Crippen molar-refractivity contribution in [3.05, 3.63) is 17.0 Å². The molecule has 0 bridgehead atoms. The van der Waals surface area contributed by atoms with E-state index in [4.69, 9.17) is 11.6 Å². The van der Waals surface area contributed by atoms with E-state index in [1.54, 1.807) is 0 Å². The molecule has 1 heterocycles. The van der Waals surface area contributed by atoms with Crippen molar-refractivity contribution < 1.29 is 0 Å². The van der Waals surface area contributed by atoms with Crippen molar-refractivity contribution in [3.8, 4) is 0 Å². The molecule has 0 fully saturated rings. The highest BCUT2D eigenvalue weighted by Gasteiger charge is 2.13. The largest absolute Gasteiger partial charge is 0.354 e. The van der Waals surface area contributed by atoms with Crippen LogP contribution < -0.4 is 4.90 Å². The number of hydrogen-bond acceptors (Lipinski definition) is 3. The highest BCUT2D eigenvalue weighted by atomic mass is 35.5. The molecule has 0 saturated heterocycles. The van der Waals surface area contributed by atoms with Gasteiger partial charge in [0.25, 0.3) is 0 Å². The highest BCUT2D eigenvalue weighted by molar-refractivity contribution is 6.29. The third-order valence-corrected chi connectivity index (χ3v) is 3.16. The second-order valence-electron chi connectivity index (χ2n) is 4.81. The van der Waals surface area contributed by atoms with Crippen LogP contribution in [0.2, 0.25) is 5.15 Å². The van der Waals surface area contributed by atoms with Crippen LogP contribution in [0.25, 0.3) is 0 Å². The minimum Gasteiger partial charge on any atom is -0.354 e. The average Bonchev–Trinajstić information content (AvgIpc) is 2.33. The summed E-state index contributed by atoms with van der Waals surface area (Å²) < 4.78 is 0. The molecule has 1 aromatic heterocycles. The molecule has 0 aromatic carbocycles. The van der Waals surface area contributed by atoms with Gasteiger partial charge in [-0.15, -0.1) is 0 Å². The zero-order valence-electron chi connectivity index (χ0n) is 11.9. The smallest absolute Gasteiger partial charge is 0.134 e. The Bertz CT molecular complexity index is 366. The molecule has 1 aromatic rings. The first kappa shape index (κ1) is 15.2. The van der Waals surface area contributed by atoms with Gasteiger partial charge in [0.2, 0.25) is 0 Å². The lowest BCUT2D eigenvalue weighted by atomic mass is 10.2. The molecule has 18 heavy (non-hydrogen) atoms. The molecular weight excluding hydrogens is 246 g/mol. The summed E-state index contributed by atoms with van der Waals surface area (Å²) in [7, 11) is 0. The summed E-state index contributed by atoms with van der Waals surface area (Å²) in [5.41, 5.74) is 0. The van der Waals surface area contributed by atoms with Crippen LogP contribution >= 0.6 is 11.6 Å². The van der Waals surface area contributed by atoms with Gasteiger partial charge in [0.15, 0.2) is 0 Å². The summed E-state index contributed by atoms with van der Waals surface area (Å²) in [6, 6.07) is 2.30. The summed E-state index contributed by atoms with van der Waals surface area (Å²) >= 11 is 6.06. The molecule has 0 aliphatic carbocycles. The average molecular weight is 270 g/mol. The van der Waals surface area contributed by atoms with Gasteiger partial charge >= 0.3 is 0 Å². The van der Waals surface area contributed by atoms with Crippen LogP contribution in [0.3, 0.4) is 0 Å². The second kappa shape index (κ2) is 7.57. The van der Waals surface area contributed by atoms with Crippen molar-refractivity contribution in [1.29, 1.82) is 0 Å². The Hall–Kier alpha value is -0.830. The lowest BCUT2D eigenvalue weighted by molar-refractivity contribution is 0.617. The summed E-state index contributed by atoms with van der Waals surface area (Å²) in [6.07, 6.45) is 4.49. The molecule has 102 valence electrons. The summed E-state index contributed by atoms with van der Waals surface area (Å²) in [5, 5.41) is 0.540. The summed E-state index contributed by atoms with van der Waals surface area (Å²) in [5.74, 6) is 1.77.